The minimum absolute atomic E-state index is 0.162. The Morgan fingerprint density at radius 1 is 1.41 bits per heavy atom. The van der Waals surface area contributed by atoms with Crippen LogP contribution in [-0.4, -0.2) is 17.1 Å². The van der Waals surface area contributed by atoms with E-state index in [1.807, 2.05) is 44.3 Å². The van der Waals surface area contributed by atoms with Gasteiger partial charge in [0.15, 0.2) is 0 Å². The van der Waals surface area contributed by atoms with Gasteiger partial charge in [0.05, 0.1) is 0 Å². The lowest BCUT2D eigenvalue weighted by Crippen LogP contribution is -2.35. The summed E-state index contributed by atoms with van der Waals surface area (Å²) >= 11 is 0. The van der Waals surface area contributed by atoms with Crippen molar-refractivity contribution in [1.82, 2.24) is 10.3 Å². The van der Waals surface area contributed by atoms with E-state index < -0.39 is 0 Å². The van der Waals surface area contributed by atoms with Crippen LogP contribution in [0.2, 0.25) is 0 Å². The average molecular weight is 231 g/mol. The Bertz CT molecular complexity index is 518. The van der Waals surface area contributed by atoms with Crippen LogP contribution in [0.1, 0.15) is 20.3 Å². The fourth-order valence-corrected chi connectivity index (χ4v) is 1.62. The van der Waals surface area contributed by atoms with Gasteiger partial charge in [0.2, 0.25) is 0 Å². The van der Waals surface area contributed by atoms with Crippen LogP contribution in [0.3, 0.4) is 0 Å². The Hall–Kier alpha value is -1.97. The maximum atomic E-state index is 11.6. The number of aromatic nitrogens is 1. The van der Waals surface area contributed by atoms with Crippen molar-refractivity contribution < 1.29 is 4.79 Å². The normalized spacial score (nSPS) is 12.4. The van der Waals surface area contributed by atoms with Gasteiger partial charge >= 0.3 is 6.03 Å². The van der Waals surface area contributed by atoms with Gasteiger partial charge in [-0.05, 0) is 36.9 Å². The molecule has 0 aliphatic heterocycles. The number of carbonyl (C=O) groups excluding carboxylic acids is 1. The van der Waals surface area contributed by atoms with Crippen LogP contribution in [0, 0.1) is 0 Å². The zero-order chi connectivity index (χ0) is 12.3. The number of hydrogen-bond donors (Lipinski definition) is 3. The third-order valence-corrected chi connectivity index (χ3v) is 2.80. The van der Waals surface area contributed by atoms with Crippen LogP contribution in [0.5, 0.6) is 0 Å². The van der Waals surface area contributed by atoms with Gasteiger partial charge in [-0.25, -0.2) is 4.79 Å². The number of hydrogen-bond acceptors (Lipinski definition) is 1. The first-order valence-electron chi connectivity index (χ1n) is 5.83. The first kappa shape index (κ1) is 11.5. The van der Waals surface area contributed by atoms with E-state index in [0.717, 1.165) is 23.0 Å². The van der Waals surface area contributed by atoms with E-state index in [-0.39, 0.29) is 12.1 Å². The third kappa shape index (κ3) is 2.78. The fourth-order valence-electron chi connectivity index (χ4n) is 1.62. The van der Waals surface area contributed by atoms with Crippen molar-refractivity contribution in [2.75, 3.05) is 5.32 Å². The summed E-state index contributed by atoms with van der Waals surface area (Å²) in [6.45, 7) is 4.02. The summed E-state index contributed by atoms with van der Waals surface area (Å²) in [5.74, 6) is 0. The van der Waals surface area contributed by atoms with E-state index in [2.05, 4.69) is 15.6 Å². The SMILES string of the molecule is CC[C@@H](C)NC(=O)Nc1ccc2cc[nH]c2c1. The quantitative estimate of drug-likeness (QED) is 0.747. The number of benzene rings is 1. The van der Waals surface area contributed by atoms with Crippen LogP contribution in [-0.2, 0) is 0 Å². The highest BCUT2D eigenvalue weighted by Gasteiger charge is 2.05. The largest absolute Gasteiger partial charge is 0.361 e. The summed E-state index contributed by atoms with van der Waals surface area (Å²) in [5.41, 5.74) is 1.81. The number of urea groups is 1. The zero-order valence-electron chi connectivity index (χ0n) is 10.1. The number of anilines is 1. The van der Waals surface area contributed by atoms with Crippen molar-refractivity contribution in [2.45, 2.75) is 26.3 Å². The highest BCUT2D eigenvalue weighted by Crippen LogP contribution is 2.17. The van der Waals surface area contributed by atoms with E-state index >= 15 is 0 Å². The van der Waals surface area contributed by atoms with Crippen molar-refractivity contribution in [3.63, 3.8) is 0 Å². The first-order chi connectivity index (χ1) is 8.19. The molecular formula is C13H17N3O. The van der Waals surface area contributed by atoms with Crippen molar-refractivity contribution >= 4 is 22.6 Å². The van der Waals surface area contributed by atoms with Crippen molar-refractivity contribution in [3.8, 4) is 0 Å². The lowest BCUT2D eigenvalue weighted by atomic mass is 10.2. The van der Waals surface area contributed by atoms with Crippen LogP contribution >= 0.6 is 0 Å². The Labute approximate surface area is 100 Å². The molecule has 2 rings (SSSR count). The highest BCUT2D eigenvalue weighted by molar-refractivity contribution is 5.92. The minimum atomic E-state index is -0.162. The molecule has 0 aliphatic carbocycles. The molecule has 2 amide bonds. The summed E-state index contributed by atoms with van der Waals surface area (Å²) in [6, 6.07) is 7.82. The molecule has 0 bridgehead atoms. The predicted molar refractivity (Wildman–Crippen MR) is 70.2 cm³/mol. The zero-order valence-corrected chi connectivity index (χ0v) is 10.1. The molecule has 1 heterocycles. The molecule has 1 aromatic heterocycles. The summed E-state index contributed by atoms with van der Waals surface area (Å²) in [5, 5.41) is 6.82. The molecule has 2 aromatic rings. The van der Waals surface area contributed by atoms with Crippen molar-refractivity contribution in [1.29, 1.82) is 0 Å². The average Bonchev–Trinajstić information content (AvgIpc) is 2.75. The molecule has 0 aliphatic rings. The molecule has 0 unspecified atom stereocenters. The number of rotatable bonds is 3. The smallest absolute Gasteiger partial charge is 0.319 e. The van der Waals surface area contributed by atoms with Crippen LogP contribution in [0.4, 0.5) is 10.5 Å². The molecule has 0 radical (unpaired) electrons. The van der Waals surface area contributed by atoms with E-state index in [0.29, 0.717) is 0 Å². The topological polar surface area (TPSA) is 56.9 Å². The van der Waals surface area contributed by atoms with Gasteiger partial charge < -0.3 is 15.6 Å². The maximum absolute atomic E-state index is 11.6. The lowest BCUT2D eigenvalue weighted by Gasteiger charge is -2.12. The predicted octanol–water partition coefficient (Wildman–Crippen LogP) is 3.09. The molecule has 0 saturated heterocycles. The monoisotopic (exact) mass is 231 g/mol. The van der Waals surface area contributed by atoms with Crippen LogP contribution < -0.4 is 10.6 Å². The van der Waals surface area contributed by atoms with E-state index in [1.54, 1.807) is 0 Å². The van der Waals surface area contributed by atoms with Gasteiger partial charge in [-0.15, -0.1) is 0 Å². The molecule has 17 heavy (non-hydrogen) atoms. The molecule has 3 N–H and O–H groups in total. The molecule has 1 aromatic carbocycles. The van der Waals surface area contributed by atoms with E-state index in [4.69, 9.17) is 0 Å². The van der Waals surface area contributed by atoms with Gasteiger partial charge in [0.25, 0.3) is 0 Å². The summed E-state index contributed by atoms with van der Waals surface area (Å²) in [6.07, 6.45) is 2.80. The second kappa shape index (κ2) is 4.91. The summed E-state index contributed by atoms with van der Waals surface area (Å²) in [7, 11) is 0. The van der Waals surface area contributed by atoms with Gasteiger partial charge in [0.1, 0.15) is 0 Å². The number of carbonyl (C=O) groups is 1. The lowest BCUT2D eigenvalue weighted by molar-refractivity contribution is 0.249. The molecule has 4 heteroatoms. The Kier molecular flexibility index (Phi) is 3.32. The number of nitrogens with one attached hydrogen (secondary N) is 3. The number of amides is 2. The second-order valence-electron chi connectivity index (χ2n) is 4.19. The standard InChI is InChI=1S/C13H17N3O/c1-3-9(2)15-13(17)16-11-5-4-10-6-7-14-12(10)8-11/h4-9,14H,3H2,1-2H3,(H2,15,16,17)/t9-/m1/s1. The van der Waals surface area contributed by atoms with Gasteiger partial charge in [-0.2, -0.15) is 0 Å². The first-order valence-corrected chi connectivity index (χ1v) is 5.83. The van der Waals surface area contributed by atoms with Gasteiger partial charge in [-0.1, -0.05) is 13.0 Å². The maximum Gasteiger partial charge on any atom is 0.319 e. The Morgan fingerprint density at radius 3 is 3.00 bits per heavy atom. The molecule has 0 spiro atoms. The molecule has 1 atom stereocenters. The van der Waals surface area contributed by atoms with Crippen LogP contribution in [0.15, 0.2) is 30.5 Å². The van der Waals surface area contributed by atoms with E-state index in [1.165, 1.54) is 0 Å². The number of aromatic amines is 1. The molecule has 0 fully saturated rings. The summed E-state index contributed by atoms with van der Waals surface area (Å²) < 4.78 is 0. The van der Waals surface area contributed by atoms with E-state index in [9.17, 15) is 4.79 Å². The molecule has 0 saturated carbocycles. The van der Waals surface area contributed by atoms with Gasteiger partial charge in [-0.3, -0.25) is 0 Å². The van der Waals surface area contributed by atoms with Crippen molar-refractivity contribution in [3.05, 3.63) is 30.5 Å². The minimum Gasteiger partial charge on any atom is -0.361 e. The number of fused-ring (bicyclic) bond motifs is 1. The second-order valence-corrected chi connectivity index (χ2v) is 4.19. The number of H-pyrrole nitrogens is 1. The fraction of sp³-hybridized carbons (Fsp3) is 0.308. The van der Waals surface area contributed by atoms with Gasteiger partial charge in [0, 0.05) is 23.4 Å². The van der Waals surface area contributed by atoms with Crippen LogP contribution in [0.25, 0.3) is 10.9 Å². The Morgan fingerprint density at radius 2 is 2.24 bits per heavy atom. The molecular weight excluding hydrogens is 214 g/mol. The van der Waals surface area contributed by atoms with Crippen molar-refractivity contribution in [2.24, 2.45) is 0 Å². The highest BCUT2D eigenvalue weighted by atomic mass is 16.2. The summed E-state index contributed by atoms with van der Waals surface area (Å²) in [4.78, 5) is 14.7. The Balaban J connectivity index is 2.05. The third-order valence-electron chi connectivity index (χ3n) is 2.80. The molecule has 90 valence electrons. The molecule has 4 nitrogen and oxygen atoms in total.